The van der Waals surface area contributed by atoms with Crippen molar-refractivity contribution >= 4 is 34.4 Å². The molecular weight excluding hydrogens is 404 g/mol. The van der Waals surface area contributed by atoms with Crippen molar-refractivity contribution in [2.45, 2.75) is 26.8 Å². The molecule has 9 heteroatoms. The number of carbonyl (C=O) groups is 1. The summed E-state index contributed by atoms with van der Waals surface area (Å²) in [5.41, 5.74) is 2.52. The van der Waals surface area contributed by atoms with Crippen LogP contribution in [0.5, 0.6) is 0 Å². The average Bonchev–Trinajstić information content (AvgIpc) is 3.16. The van der Waals surface area contributed by atoms with Gasteiger partial charge in [-0.1, -0.05) is 20.8 Å². The van der Waals surface area contributed by atoms with Crippen LogP contribution in [0.3, 0.4) is 0 Å². The number of hydrogen-bond acceptors (Lipinski definition) is 7. The van der Waals surface area contributed by atoms with Crippen LogP contribution in [0.4, 0.5) is 17.5 Å². The molecule has 3 aromatic rings. The normalized spacial score (nSPS) is 19.4. The van der Waals surface area contributed by atoms with Gasteiger partial charge in [0.2, 0.25) is 5.95 Å². The molecule has 1 atom stereocenters. The second-order valence-electron chi connectivity index (χ2n) is 9.70. The van der Waals surface area contributed by atoms with Crippen molar-refractivity contribution in [3.05, 3.63) is 36.3 Å². The zero-order chi connectivity index (χ0) is 22.5. The fourth-order valence-electron chi connectivity index (χ4n) is 4.51. The Kier molecular flexibility index (Phi) is 5.00. The van der Waals surface area contributed by atoms with Gasteiger partial charge in [-0.15, -0.1) is 0 Å². The predicted octanol–water partition coefficient (Wildman–Crippen LogP) is 2.65. The predicted molar refractivity (Wildman–Crippen MR) is 126 cm³/mol. The van der Waals surface area contributed by atoms with E-state index in [1.807, 2.05) is 25.4 Å². The number of hydrogen-bond donors (Lipinski definition) is 2. The highest BCUT2D eigenvalue weighted by atomic mass is 16.2. The molecule has 2 aliphatic rings. The summed E-state index contributed by atoms with van der Waals surface area (Å²) in [6.45, 7) is 11.2. The largest absolute Gasteiger partial charge is 0.368 e. The van der Waals surface area contributed by atoms with E-state index in [0.717, 1.165) is 42.9 Å². The summed E-state index contributed by atoms with van der Waals surface area (Å²) in [5, 5.41) is 7.45. The molecule has 2 aliphatic heterocycles. The highest BCUT2D eigenvalue weighted by Gasteiger charge is 2.37. The van der Waals surface area contributed by atoms with Gasteiger partial charge in [-0.2, -0.15) is 4.98 Å². The standard InChI is InChI=1S/C23H30N8O/c1-23(2,3)18-14-29(4)21(32)17-11-15-12-26-22(28-20(15)31(17)18)27-19-6-5-16(13-25-19)30-9-7-24-8-10-30/h5-6,11-13,18,24H,7-10,14H2,1-4H3,(H,25,26,27,28)/t18-/m1/s1. The Morgan fingerprint density at radius 2 is 1.91 bits per heavy atom. The van der Waals surface area contributed by atoms with E-state index in [1.54, 1.807) is 11.1 Å². The first kappa shape index (κ1) is 20.7. The number of nitrogens with zero attached hydrogens (tertiary/aromatic N) is 6. The van der Waals surface area contributed by atoms with Crippen molar-refractivity contribution in [3.8, 4) is 0 Å². The molecule has 0 spiro atoms. The molecule has 0 unspecified atom stereocenters. The number of carbonyl (C=O) groups excluding carboxylic acids is 1. The molecule has 0 aliphatic carbocycles. The Labute approximate surface area is 187 Å². The lowest BCUT2D eigenvalue weighted by atomic mass is 9.85. The third-order valence-electron chi connectivity index (χ3n) is 6.37. The Balaban J connectivity index is 1.45. The van der Waals surface area contributed by atoms with Crippen LogP contribution in [0.25, 0.3) is 11.0 Å². The molecule has 168 valence electrons. The third-order valence-corrected chi connectivity index (χ3v) is 6.37. The van der Waals surface area contributed by atoms with E-state index < -0.39 is 0 Å². The number of fused-ring (bicyclic) bond motifs is 3. The van der Waals surface area contributed by atoms with Gasteiger partial charge in [0.15, 0.2) is 0 Å². The molecule has 0 radical (unpaired) electrons. The van der Waals surface area contributed by atoms with Crippen LogP contribution in [-0.4, -0.2) is 70.1 Å². The lowest BCUT2D eigenvalue weighted by Crippen LogP contribution is -2.44. The molecule has 0 aromatic carbocycles. The molecule has 1 fully saturated rings. The quantitative estimate of drug-likeness (QED) is 0.655. The highest BCUT2D eigenvalue weighted by molar-refractivity contribution is 5.98. The monoisotopic (exact) mass is 434 g/mol. The summed E-state index contributed by atoms with van der Waals surface area (Å²) in [5.74, 6) is 1.18. The molecule has 5 heterocycles. The number of nitrogens with one attached hydrogen (secondary N) is 2. The van der Waals surface area contributed by atoms with Crippen molar-refractivity contribution in [1.82, 2.24) is 29.7 Å². The van der Waals surface area contributed by atoms with E-state index in [4.69, 9.17) is 4.98 Å². The molecule has 3 aromatic heterocycles. The van der Waals surface area contributed by atoms with Gasteiger partial charge < -0.3 is 25.0 Å². The molecule has 2 N–H and O–H groups in total. The first-order valence-corrected chi connectivity index (χ1v) is 11.1. The molecule has 32 heavy (non-hydrogen) atoms. The minimum atomic E-state index is -0.0322. The van der Waals surface area contributed by atoms with Crippen molar-refractivity contribution in [1.29, 1.82) is 0 Å². The van der Waals surface area contributed by atoms with Crippen molar-refractivity contribution in [3.63, 3.8) is 0 Å². The second kappa shape index (κ2) is 7.74. The van der Waals surface area contributed by atoms with Gasteiger partial charge in [0.1, 0.15) is 17.2 Å². The van der Waals surface area contributed by atoms with Crippen LogP contribution in [0.2, 0.25) is 0 Å². The molecule has 1 amide bonds. The fraction of sp³-hybridized carbons (Fsp3) is 0.478. The van der Waals surface area contributed by atoms with Crippen LogP contribution in [0.1, 0.15) is 37.3 Å². The maximum atomic E-state index is 12.8. The van der Waals surface area contributed by atoms with Crippen molar-refractivity contribution in [2.24, 2.45) is 5.41 Å². The summed E-state index contributed by atoms with van der Waals surface area (Å²) in [7, 11) is 1.86. The van der Waals surface area contributed by atoms with Gasteiger partial charge in [0.05, 0.1) is 17.9 Å². The van der Waals surface area contributed by atoms with E-state index in [9.17, 15) is 4.79 Å². The number of amides is 1. The Hall–Kier alpha value is -3.20. The van der Waals surface area contributed by atoms with E-state index in [1.165, 1.54) is 0 Å². The van der Waals surface area contributed by atoms with E-state index in [2.05, 4.69) is 56.9 Å². The number of likely N-dealkylation sites (N-methyl/N-ethyl adjacent to an activating group) is 1. The summed E-state index contributed by atoms with van der Waals surface area (Å²) in [4.78, 5) is 30.8. The summed E-state index contributed by atoms with van der Waals surface area (Å²) in [6, 6.07) is 6.05. The van der Waals surface area contributed by atoms with Gasteiger partial charge in [-0.25, -0.2) is 9.97 Å². The molecule has 0 bridgehead atoms. The first-order chi connectivity index (χ1) is 15.3. The van der Waals surface area contributed by atoms with Crippen LogP contribution < -0.4 is 15.5 Å². The summed E-state index contributed by atoms with van der Waals surface area (Å²) >= 11 is 0. The molecule has 1 saturated heterocycles. The number of piperazine rings is 1. The minimum absolute atomic E-state index is 0.0168. The van der Waals surface area contributed by atoms with Crippen molar-refractivity contribution < 1.29 is 4.79 Å². The van der Waals surface area contributed by atoms with Gasteiger partial charge in [0.25, 0.3) is 5.91 Å². The third kappa shape index (κ3) is 3.66. The Bertz CT molecular complexity index is 1140. The van der Waals surface area contributed by atoms with Crippen LogP contribution >= 0.6 is 0 Å². The maximum absolute atomic E-state index is 12.8. The number of rotatable bonds is 3. The second-order valence-corrected chi connectivity index (χ2v) is 9.70. The average molecular weight is 435 g/mol. The van der Waals surface area contributed by atoms with Gasteiger partial charge in [0, 0.05) is 51.4 Å². The molecular formula is C23H30N8O. The number of anilines is 3. The Morgan fingerprint density at radius 1 is 1.12 bits per heavy atom. The zero-order valence-corrected chi connectivity index (χ0v) is 19.1. The molecule has 9 nitrogen and oxygen atoms in total. The Morgan fingerprint density at radius 3 is 2.59 bits per heavy atom. The van der Waals surface area contributed by atoms with Gasteiger partial charge in [-0.05, 0) is 23.6 Å². The van der Waals surface area contributed by atoms with Crippen LogP contribution in [0, 0.1) is 5.41 Å². The topological polar surface area (TPSA) is 91.2 Å². The number of pyridine rings is 1. The lowest BCUT2D eigenvalue weighted by Gasteiger charge is -2.40. The first-order valence-electron chi connectivity index (χ1n) is 11.1. The molecule has 5 rings (SSSR count). The van der Waals surface area contributed by atoms with Gasteiger partial charge >= 0.3 is 0 Å². The summed E-state index contributed by atoms with van der Waals surface area (Å²) < 4.78 is 2.09. The van der Waals surface area contributed by atoms with E-state index >= 15 is 0 Å². The maximum Gasteiger partial charge on any atom is 0.270 e. The van der Waals surface area contributed by atoms with Gasteiger partial charge in [-0.3, -0.25) is 4.79 Å². The minimum Gasteiger partial charge on any atom is -0.368 e. The van der Waals surface area contributed by atoms with Crippen LogP contribution in [-0.2, 0) is 0 Å². The SMILES string of the molecule is CN1C[C@H](C(C)(C)C)n2c(cc3cnc(Nc4ccc(N5CCNCC5)cn4)nc32)C1=O. The fourth-order valence-corrected chi connectivity index (χ4v) is 4.51. The highest BCUT2D eigenvalue weighted by Crippen LogP contribution is 2.38. The summed E-state index contributed by atoms with van der Waals surface area (Å²) in [6.07, 6.45) is 3.66. The van der Waals surface area contributed by atoms with E-state index in [0.29, 0.717) is 24.0 Å². The van der Waals surface area contributed by atoms with Crippen molar-refractivity contribution in [2.75, 3.05) is 50.0 Å². The molecule has 0 saturated carbocycles. The van der Waals surface area contributed by atoms with E-state index in [-0.39, 0.29) is 17.4 Å². The van der Waals surface area contributed by atoms with Crippen LogP contribution in [0.15, 0.2) is 30.6 Å². The zero-order valence-electron chi connectivity index (χ0n) is 19.1. The number of aromatic nitrogens is 4. The lowest BCUT2D eigenvalue weighted by molar-refractivity contribution is 0.0648. The smallest absolute Gasteiger partial charge is 0.270 e.